The van der Waals surface area contributed by atoms with E-state index in [0.29, 0.717) is 0 Å². The van der Waals surface area contributed by atoms with Crippen molar-refractivity contribution in [3.63, 3.8) is 0 Å². The number of carbonyl (C=O) groups is 4. The molecule has 0 saturated carbocycles. The van der Waals surface area contributed by atoms with E-state index in [2.05, 4.69) is 10.6 Å². The number of carbonyl (C=O) groups excluding carboxylic acids is 2. The summed E-state index contributed by atoms with van der Waals surface area (Å²) in [4.78, 5) is 43.9. The molecule has 6 N–H and O–H groups in total. The van der Waals surface area contributed by atoms with Gasteiger partial charge in [0.25, 0.3) is 0 Å². The Labute approximate surface area is 115 Å². The molecule has 0 spiro atoms. The molecule has 0 heterocycles. The van der Waals surface area contributed by atoms with Crippen LogP contribution in [-0.4, -0.2) is 52.6 Å². The van der Waals surface area contributed by atoms with Gasteiger partial charge in [-0.2, -0.15) is 0 Å². The van der Waals surface area contributed by atoms with Gasteiger partial charge in [0.2, 0.25) is 11.8 Å². The van der Waals surface area contributed by atoms with Gasteiger partial charge < -0.3 is 26.6 Å². The summed E-state index contributed by atoms with van der Waals surface area (Å²) in [6, 6.07) is -2.00. The van der Waals surface area contributed by atoms with Gasteiger partial charge in [-0.05, 0) is 12.8 Å². The van der Waals surface area contributed by atoms with Crippen molar-refractivity contribution < 1.29 is 29.4 Å². The third-order valence-electron chi connectivity index (χ3n) is 2.47. The van der Waals surface area contributed by atoms with E-state index in [0.717, 1.165) is 0 Å². The summed E-state index contributed by atoms with van der Waals surface area (Å²) in [6.07, 6.45) is 0.104. The summed E-state index contributed by atoms with van der Waals surface area (Å²) in [6.45, 7) is 1.11. The molecule has 2 amide bonds. The molecule has 9 heteroatoms. The largest absolute Gasteiger partial charge is 0.480 e. The minimum Gasteiger partial charge on any atom is -0.480 e. The lowest BCUT2D eigenvalue weighted by molar-refractivity contribution is -0.139. The highest BCUT2D eigenvalue weighted by Gasteiger charge is 2.20. The van der Waals surface area contributed by atoms with E-state index in [1.165, 1.54) is 0 Å². The Bertz CT molecular complexity index is 384. The summed E-state index contributed by atoms with van der Waals surface area (Å²) >= 11 is 0. The zero-order valence-corrected chi connectivity index (χ0v) is 11.1. The molecule has 114 valence electrons. The number of rotatable bonds is 9. The van der Waals surface area contributed by atoms with Crippen LogP contribution in [-0.2, 0) is 19.2 Å². The Balaban J connectivity index is 4.21. The smallest absolute Gasteiger partial charge is 0.322 e. The predicted molar refractivity (Wildman–Crippen MR) is 67.7 cm³/mol. The molecule has 0 bridgehead atoms. The minimum atomic E-state index is -1.20. The number of aliphatic carboxylic acids is 2. The van der Waals surface area contributed by atoms with Crippen LogP contribution < -0.4 is 16.4 Å². The van der Waals surface area contributed by atoms with Crippen LogP contribution in [0.2, 0.25) is 0 Å². The zero-order chi connectivity index (χ0) is 15.7. The quantitative estimate of drug-likeness (QED) is 0.337. The van der Waals surface area contributed by atoms with E-state index in [1.807, 2.05) is 0 Å². The first-order valence-electron chi connectivity index (χ1n) is 6.05. The number of amides is 2. The van der Waals surface area contributed by atoms with Crippen LogP contribution in [0.15, 0.2) is 0 Å². The van der Waals surface area contributed by atoms with E-state index in [4.69, 9.17) is 15.9 Å². The number of carboxylic acid groups (broad SMARTS) is 2. The van der Waals surface area contributed by atoms with Crippen molar-refractivity contribution in [1.29, 1.82) is 0 Å². The summed E-state index contributed by atoms with van der Waals surface area (Å²) in [5, 5.41) is 21.5. The molecule has 9 nitrogen and oxygen atoms in total. The van der Waals surface area contributed by atoms with E-state index >= 15 is 0 Å². The van der Waals surface area contributed by atoms with Crippen molar-refractivity contribution in [3.8, 4) is 0 Å². The highest BCUT2D eigenvalue weighted by atomic mass is 16.4. The fourth-order valence-electron chi connectivity index (χ4n) is 1.32. The third kappa shape index (κ3) is 7.31. The van der Waals surface area contributed by atoms with Crippen molar-refractivity contribution in [1.82, 2.24) is 10.6 Å². The van der Waals surface area contributed by atoms with Gasteiger partial charge in [-0.3, -0.25) is 19.2 Å². The lowest BCUT2D eigenvalue weighted by atomic mass is 10.1. The first-order valence-corrected chi connectivity index (χ1v) is 6.05. The molecule has 0 aliphatic carbocycles. The summed E-state index contributed by atoms with van der Waals surface area (Å²) in [5.74, 6) is -3.51. The van der Waals surface area contributed by atoms with E-state index in [9.17, 15) is 19.2 Å². The third-order valence-corrected chi connectivity index (χ3v) is 2.47. The van der Waals surface area contributed by atoms with E-state index in [1.54, 1.807) is 6.92 Å². The molecule has 0 aliphatic heterocycles. The number of nitrogens with two attached hydrogens (primary N) is 1. The average molecular weight is 289 g/mol. The van der Waals surface area contributed by atoms with Gasteiger partial charge in [-0.25, -0.2) is 0 Å². The van der Waals surface area contributed by atoms with Gasteiger partial charge in [0.05, 0.1) is 0 Å². The molecule has 0 aromatic heterocycles. The van der Waals surface area contributed by atoms with Crippen molar-refractivity contribution in [2.45, 2.75) is 38.3 Å². The van der Waals surface area contributed by atoms with Crippen LogP contribution in [0, 0.1) is 0 Å². The Hall–Kier alpha value is -2.16. The molecular weight excluding hydrogens is 270 g/mol. The van der Waals surface area contributed by atoms with Crippen LogP contribution >= 0.6 is 0 Å². The zero-order valence-electron chi connectivity index (χ0n) is 11.1. The standard InChI is InChI=1S/C11H19N3O6/c1-2-7(10(18)13-5-9(16)17)14-8(15)4-3-6(12)11(19)20/h6-7H,2-5,12H2,1H3,(H,13,18)(H,14,15)(H,16,17)(H,19,20)/t6-,7+/m0/s1. The van der Waals surface area contributed by atoms with Crippen LogP contribution in [0.1, 0.15) is 26.2 Å². The SMILES string of the molecule is CC[C@@H](NC(=O)CC[C@H](N)C(=O)O)C(=O)NCC(=O)O. The maximum Gasteiger partial charge on any atom is 0.322 e. The van der Waals surface area contributed by atoms with Crippen molar-refractivity contribution in [3.05, 3.63) is 0 Å². The van der Waals surface area contributed by atoms with Gasteiger partial charge in [-0.15, -0.1) is 0 Å². The Morgan fingerprint density at radius 3 is 2.25 bits per heavy atom. The molecule has 0 fully saturated rings. The van der Waals surface area contributed by atoms with Crippen LogP contribution in [0.5, 0.6) is 0 Å². The van der Waals surface area contributed by atoms with E-state index in [-0.39, 0.29) is 19.3 Å². The predicted octanol–water partition coefficient (Wildman–Crippen LogP) is -1.73. The monoisotopic (exact) mass is 289 g/mol. The fourth-order valence-corrected chi connectivity index (χ4v) is 1.32. The van der Waals surface area contributed by atoms with Gasteiger partial charge in [0, 0.05) is 6.42 Å². The van der Waals surface area contributed by atoms with Gasteiger partial charge in [-0.1, -0.05) is 6.92 Å². The van der Waals surface area contributed by atoms with Crippen molar-refractivity contribution in [2.24, 2.45) is 5.73 Å². The van der Waals surface area contributed by atoms with Gasteiger partial charge in [0.1, 0.15) is 18.6 Å². The highest BCUT2D eigenvalue weighted by molar-refractivity contribution is 5.89. The molecular formula is C11H19N3O6. The summed E-state index contributed by atoms with van der Waals surface area (Å²) in [7, 11) is 0. The van der Waals surface area contributed by atoms with Crippen LogP contribution in [0.25, 0.3) is 0 Å². The molecule has 0 rings (SSSR count). The maximum atomic E-state index is 11.6. The lowest BCUT2D eigenvalue weighted by Gasteiger charge is -2.16. The molecule has 2 atom stereocenters. The van der Waals surface area contributed by atoms with Gasteiger partial charge in [0.15, 0.2) is 0 Å². The first-order chi connectivity index (χ1) is 9.27. The molecule has 0 unspecified atom stereocenters. The average Bonchev–Trinajstić information content (AvgIpc) is 2.38. The second-order valence-electron chi connectivity index (χ2n) is 4.12. The second-order valence-corrected chi connectivity index (χ2v) is 4.12. The number of hydrogen-bond donors (Lipinski definition) is 5. The molecule has 0 saturated heterocycles. The Morgan fingerprint density at radius 1 is 1.20 bits per heavy atom. The number of carboxylic acids is 2. The molecule has 0 aromatic rings. The van der Waals surface area contributed by atoms with Crippen molar-refractivity contribution in [2.75, 3.05) is 6.54 Å². The summed E-state index contributed by atoms with van der Waals surface area (Å²) < 4.78 is 0. The maximum absolute atomic E-state index is 11.6. The number of hydrogen-bond acceptors (Lipinski definition) is 5. The summed E-state index contributed by atoms with van der Waals surface area (Å²) in [5.41, 5.74) is 5.24. The second kappa shape index (κ2) is 8.86. The normalized spacial score (nSPS) is 13.1. The lowest BCUT2D eigenvalue weighted by Crippen LogP contribution is -2.47. The molecule has 20 heavy (non-hydrogen) atoms. The Morgan fingerprint density at radius 2 is 1.80 bits per heavy atom. The van der Waals surface area contributed by atoms with Crippen LogP contribution in [0.3, 0.4) is 0 Å². The van der Waals surface area contributed by atoms with Crippen LogP contribution in [0.4, 0.5) is 0 Å². The Kier molecular flexibility index (Phi) is 7.90. The molecule has 0 aliphatic rings. The highest BCUT2D eigenvalue weighted by Crippen LogP contribution is 1.98. The van der Waals surface area contributed by atoms with Gasteiger partial charge >= 0.3 is 11.9 Å². The van der Waals surface area contributed by atoms with E-state index < -0.39 is 42.4 Å². The molecule has 0 aromatic carbocycles. The topological polar surface area (TPSA) is 159 Å². The number of nitrogens with one attached hydrogen (secondary N) is 2. The minimum absolute atomic E-state index is 0.0473. The fraction of sp³-hybridized carbons (Fsp3) is 0.636. The molecule has 0 radical (unpaired) electrons. The van der Waals surface area contributed by atoms with Crippen molar-refractivity contribution >= 4 is 23.8 Å². The first kappa shape index (κ1) is 17.8.